The zero-order valence-electron chi connectivity index (χ0n) is 21.6. The van der Waals surface area contributed by atoms with E-state index in [2.05, 4.69) is 0 Å². The molecule has 3 aromatic rings. The van der Waals surface area contributed by atoms with Gasteiger partial charge in [0.2, 0.25) is 17.6 Å². The standard InChI is InChI=1S/C27H29F5N4O3/c1-14-8-18-19(9-15(14)2)36(13-21(38)34(12-20(33)37)10-16-6-4-3-5-7-16)27(39)35(18)11-17-22(28)24(30)26(32)25(31)23(17)29/h8-9,16H,3-7,10-13H2,1-2H3,(H2,33,37). The van der Waals surface area contributed by atoms with Crippen LogP contribution in [0.4, 0.5) is 22.0 Å². The van der Waals surface area contributed by atoms with Crippen molar-refractivity contribution in [2.75, 3.05) is 13.1 Å². The maximum atomic E-state index is 14.5. The summed E-state index contributed by atoms with van der Waals surface area (Å²) in [5.41, 5.74) is 5.14. The molecule has 4 rings (SSSR count). The van der Waals surface area contributed by atoms with Crippen molar-refractivity contribution in [1.82, 2.24) is 14.0 Å². The molecule has 2 aromatic carbocycles. The first kappa shape index (κ1) is 28.3. The normalized spacial score (nSPS) is 14.2. The smallest absolute Gasteiger partial charge is 0.329 e. The largest absolute Gasteiger partial charge is 0.368 e. The first-order chi connectivity index (χ1) is 18.4. The number of carbonyl (C=O) groups excluding carboxylic acids is 2. The van der Waals surface area contributed by atoms with Crippen molar-refractivity contribution in [3.63, 3.8) is 0 Å². The zero-order chi connectivity index (χ0) is 28.6. The summed E-state index contributed by atoms with van der Waals surface area (Å²) in [5.74, 6) is -11.7. The summed E-state index contributed by atoms with van der Waals surface area (Å²) in [7, 11) is 0. The highest BCUT2D eigenvalue weighted by Crippen LogP contribution is 2.27. The summed E-state index contributed by atoms with van der Waals surface area (Å²) in [5, 5.41) is 0. The zero-order valence-corrected chi connectivity index (χ0v) is 21.6. The molecule has 0 unspecified atom stereocenters. The first-order valence-electron chi connectivity index (χ1n) is 12.7. The molecule has 0 aliphatic heterocycles. The second kappa shape index (κ2) is 11.2. The number of carbonyl (C=O) groups is 2. The monoisotopic (exact) mass is 552 g/mol. The van der Waals surface area contributed by atoms with Crippen LogP contribution in [0.3, 0.4) is 0 Å². The molecule has 39 heavy (non-hydrogen) atoms. The van der Waals surface area contributed by atoms with E-state index in [4.69, 9.17) is 5.73 Å². The summed E-state index contributed by atoms with van der Waals surface area (Å²) >= 11 is 0. The third-order valence-electron chi connectivity index (χ3n) is 7.45. The van der Waals surface area contributed by atoms with E-state index in [1.807, 2.05) is 0 Å². The number of benzene rings is 2. The fourth-order valence-electron chi connectivity index (χ4n) is 5.18. The molecule has 1 fully saturated rings. The van der Waals surface area contributed by atoms with Crippen molar-refractivity contribution in [2.24, 2.45) is 11.7 Å². The van der Waals surface area contributed by atoms with Crippen molar-refractivity contribution >= 4 is 22.8 Å². The molecule has 0 spiro atoms. The Morgan fingerprint density at radius 3 is 1.92 bits per heavy atom. The van der Waals surface area contributed by atoms with Gasteiger partial charge in [0, 0.05) is 12.1 Å². The van der Waals surface area contributed by atoms with Gasteiger partial charge in [-0.25, -0.2) is 26.7 Å². The molecule has 0 atom stereocenters. The molecule has 2 amide bonds. The number of amides is 2. The lowest BCUT2D eigenvalue weighted by molar-refractivity contribution is -0.136. The number of rotatable bonds is 8. The minimum absolute atomic E-state index is 0.147. The molecule has 0 radical (unpaired) electrons. The summed E-state index contributed by atoms with van der Waals surface area (Å²) in [6, 6.07) is 3.15. The van der Waals surface area contributed by atoms with Gasteiger partial charge in [-0.05, 0) is 55.9 Å². The molecule has 210 valence electrons. The van der Waals surface area contributed by atoms with Crippen LogP contribution in [0.15, 0.2) is 16.9 Å². The number of aromatic nitrogens is 2. The third-order valence-corrected chi connectivity index (χ3v) is 7.45. The number of halogens is 5. The quantitative estimate of drug-likeness (QED) is 0.260. The maximum absolute atomic E-state index is 14.5. The lowest BCUT2D eigenvalue weighted by Crippen LogP contribution is -2.44. The van der Waals surface area contributed by atoms with Crippen LogP contribution < -0.4 is 11.4 Å². The van der Waals surface area contributed by atoms with Crippen LogP contribution in [0.25, 0.3) is 11.0 Å². The Balaban J connectivity index is 1.77. The third kappa shape index (κ3) is 5.55. The predicted molar refractivity (Wildman–Crippen MR) is 133 cm³/mol. The number of nitrogens with zero attached hydrogens (tertiary/aromatic N) is 3. The lowest BCUT2D eigenvalue weighted by Gasteiger charge is -2.29. The maximum Gasteiger partial charge on any atom is 0.329 e. The van der Waals surface area contributed by atoms with Crippen LogP contribution >= 0.6 is 0 Å². The molecule has 1 heterocycles. The molecule has 0 saturated heterocycles. The van der Waals surface area contributed by atoms with Gasteiger partial charge in [0.15, 0.2) is 23.3 Å². The highest BCUT2D eigenvalue weighted by Gasteiger charge is 2.28. The Morgan fingerprint density at radius 2 is 1.38 bits per heavy atom. The molecule has 1 saturated carbocycles. The Labute approximate surface area is 221 Å². The number of primary amides is 1. The van der Waals surface area contributed by atoms with E-state index in [1.165, 1.54) is 4.90 Å². The SMILES string of the molecule is Cc1cc2c(cc1C)n(Cc1c(F)c(F)c(F)c(F)c1F)c(=O)n2CC(=O)N(CC(N)=O)CC1CCCCC1. The lowest BCUT2D eigenvalue weighted by atomic mass is 9.89. The first-order valence-corrected chi connectivity index (χ1v) is 12.7. The highest BCUT2D eigenvalue weighted by molar-refractivity contribution is 5.85. The van der Waals surface area contributed by atoms with Gasteiger partial charge in [0.05, 0.1) is 24.1 Å². The summed E-state index contributed by atoms with van der Waals surface area (Å²) < 4.78 is 72.2. The summed E-state index contributed by atoms with van der Waals surface area (Å²) in [4.78, 5) is 39.9. The molecule has 1 aliphatic rings. The molecule has 7 nitrogen and oxygen atoms in total. The van der Waals surface area contributed by atoms with Crippen LogP contribution in [0.1, 0.15) is 48.8 Å². The molecular formula is C27H29F5N4O3. The van der Waals surface area contributed by atoms with Crippen molar-refractivity contribution in [1.29, 1.82) is 0 Å². The highest BCUT2D eigenvalue weighted by atomic mass is 19.2. The van der Waals surface area contributed by atoms with Crippen molar-refractivity contribution in [3.8, 4) is 0 Å². The number of fused-ring (bicyclic) bond motifs is 1. The van der Waals surface area contributed by atoms with Crippen LogP contribution in [0.2, 0.25) is 0 Å². The molecule has 1 aromatic heterocycles. The van der Waals surface area contributed by atoms with Gasteiger partial charge >= 0.3 is 5.69 Å². The van der Waals surface area contributed by atoms with E-state index in [-0.39, 0.29) is 30.0 Å². The van der Waals surface area contributed by atoms with E-state index in [9.17, 15) is 36.3 Å². The fourth-order valence-corrected chi connectivity index (χ4v) is 5.18. The predicted octanol–water partition coefficient (Wildman–Crippen LogP) is 4.06. The minimum atomic E-state index is -2.30. The van der Waals surface area contributed by atoms with E-state index in [0.29, 0.717) is 5.56 Å². The summed E-state index contributed by atoms with van der Waals surface area (Å²) in [6.07, 6.45) is 4.89. The number of aryl methyl sites for hydroxylation is 2. The minimum Gasteiger partial charge on any atom is -0.368 e. The van der Waals surface area contributed by atoms with Crippen molar-refractivity contribution in [3.05, 3.63) is 68.4 Å². The Bertz CT molecular complexity index is 1480. The fraction of sp³-hybridized carbons (Fsp3) is 0.444. The van der Waals surface area contributed by atoms with Gasteiger partial charge in [0.25, 0.3) is 0 Å². The number of hydrogen-bond acceptors (Lipinski definition) is 3. The van der Waals surface area contributed by atoms with E-state index < -0.39 is 65.2 Å². The Kier molecular flexibility index (Phi) is 8.12. The van der Waals surface area contributed by atoms with Crippen molar-refractivity contribution < 1.29 is 31.5 Å². The second-order valence-electron chi connectivity index (χ2n) is 10.2. The van der Waals surface area contributed by atoms with Crippen LogP contribution in [0, 0.1) is 48.9 Å². The number of imidazole rings is 1. The van der Waals surface area contributed by atoms with Crippen LogP contribution in [-0.4, -0.2) is 38.9 Å². The summed E-state index contributed by atoms with van der Waals surface area (Å²) in [6.45, 7) is 1.96. The van der Waals surface area contributed by atoms with Gasteiger partial charge in [-0.2, -0.15) is 0 Å². The van der Waals surface area contributed by atoms with E-state index in [1.54, 1.807) is 26.0 Å². The van der Waals surface area contributed by atoms with Crippen LogP contribution in [-0.2, 0) is 22.7 Å². The van der Waals surface area contributed by atoms with Crippen LogP contribution in [0.5, 0.6) is 0 Å². The molecular weight excluding hydrogens is 523 g/mol. The van der Waals surface area contributed by atoms with Gasteiger partial charge in [-0.15, -0.1) is 0 Å². The Hall–Kier alpha value is -3.70. The second-order valence-corrected chi connectivity index (χ2v) is 10.2. The van der Waals surface area contributed by atoms with E-state index in [0.717, 1.165) is 46.8 Å². The topological polar surface area (TPSA) is 90.3 Å². The van der Waals surface area contributed by atoms with E-state index >= 15 is 0 Å². The van der Waals surface area contributed by atoms with Gasteiger partial charge < -0.3 is 10.6 Å². The number of hydrogen-bond donors (Lipinski definition) is 1. The average molecular weight is 553 g/mol. The van der Waals surface area contributed by atoms with Crippen molar-refractivity contribution in [2.45, 2.75) is 59.0 Å². The van der Waals surface area contributed by atoms with Gasteiger partial charge in [-0.1, -0.05) is 19.3 Å². The molecule has 1 aliphatic carbocycles. The molecule has 12 heteroatoms. The average Bonchev–Trinajstić information content (AvgIpc) is 3.13. The Morgan fingerprint density at radius 1 is 0.872 bits per heavy atom. The van der Waals surface area contributed by atoms with Gasteiger partial charge in [0.1, 0.15) is 6.54 Å². The molecule has 2 N–H and O–H groups in total. The van der Waals surface area contributed by atoms with Gasteiger partial charge in [-0.3, -0.25) is 18.7 Å². The molecule has 0 bridgehead atoms. The number of nitrogens with two attached hydrogens (primary N) is 1.